The minimum Gasteiger partial charge on any atom is -0.278 e. The fourth-order valence-electron chi connectivity index (χ4n) is 1.85. The van der Waals surface area contributed by atoms with Gasteiger partial charge in [0.2, 0.25) is 0 Å². The standard InChI is InChI=1S/C15H11ClN4/c16-12-3-4-13-14(5-7-18-15(13)8-12)20-19-10-11-2-1-6-17-9-11/h1-10H,(H,18,20)/b19-10-. The van der Waals surface area contributed by atoms with Gasteiger partial charge in [-0.05, 0) is 30.3 Å². The van der Waals surface area contributed by atoms with Crippen molar-refractivity contribution in [2.75, 3.05) is 5.43 Å². The zero-order valence-electron chi connectivity index (χ0n) is 10.5. The van der Waals surface area contributed by atoms with Crippen molar-refractivity contribution in [2.45, 2.75) is 0 Å². The van der Waals surface area contributed by atoms with E-state index in [4.69, 9.17) is 11.6 Å². The molecular weight excluding hydrogens is 272 g/mol. The fraction of sp³-hybridized carbons (Fsp3) is 0. The molecule has 0 radical (unpaired) electrons. The molecule has 0 aliphatic heterocycles. The van der Waals surface area contributed by atoms with Crippen molar-refractivity contribution in [1.29, 1.82) is 0 Å². The smallest absolute Gasteiger partial charge is 0.0738 e. The van der Waals surface area contributed by atoms with Gasteiger partial charge < -0.3 is 0 Å². The highest BCUT2D eigenvalue weighted by molar-refractivity contribution is 6.31. The first-order chi connectivity index (χ1) is 9.83. The van der Waals surface area contributed by atoms with E-state index in [1.54, 1.807) is 24.8 Å². The summed E-state index contributed by atoms with van der Waals surface area (Å²) in [5, 5.41) is 5.85. The number of hydrogen-bond acceptors (Lipinski definition) is 4. The molecule has 0 spiro atoms. The van der Waals surface area contributed by atoms with E-state index in [0.29, 0.717) is 5.02 Å². The Kier molecular flexibility index (Phi) is 3.56. The predicted molar refractivity (Wildman–Crippen MR) is 82.2 cm³/mol. The molecule has 0 fully saturated rings. The fourth-order valence-corrected chi connectivity index (χ4v) is 2.01. The van der Waals surface area contributed by atoms with Crippen molar-refractivity contribution >= 4 is 34.4 Å². The van der Waals surface area contributed by atoms with E-state index in [0.717, 1.165) is 22.2 Å². The van der Waals surface area contributed by atoms with Crippen LogP contribution in [-0.4, -0.2) is 16.2 Å². The van der Waals surface area contributed by atoms with Crippen molar-refractivity contribution < 1.29 is 0 Å². The molecule has 98 valence electrons. The summed E-state index contributed by atoms with van der Waals surface area (Å²) in [6.45, 7) is 0. The highest BCUT2D eigenvalue weighted by Crippen LogP contribution is 2.24. The molecule has 1 N–H and O–H groups in total. The lowest BCUT2D eigenvalue weighted by molar-refractivity contribution is 1.30. The molecule has 3 aromatic rings. The van der Waals surface area contributed by atoms with Gasteiger partial charge >= 0.3 is 0 Å². The molecule has 4 nitrogen and oxygen atoms in total. The molecule has 20 heavy (non-hydrogen) atoms. The highest BCUT2D eigenvalue weighted by atomic mass is 35.5. The van der Waals surface area contributed by atoms with Crippen LogP contribution in [0.25, 0.3) is 10.9 Å². The van der Waals surface area contributed by atoms with Crippen molar-refractivity contribution in [1.82, 2.24) is 9.97 Å². The summed E-state index contributed by atoms with van der Waals surface area (Å²) >= 11 is 5.96. The molecule has 1 aromatic carbocycles. The van der Waals surface area contributed by atoms with Crippen LogP contribution in [0.4, 0.5) is 5.69 Å². The summed E-state index contributed by atoms with van der Waals surface area (Å²) in [7, 11) is 0. The molecule has 3 rings (SSSR count). The largest absolute Gasteiger partial charge is 0.278 e. The lowest BCUT2D eigenvalue weighted by Gasteiger charge is -2.05. The molecule has 0 bridgehead atoms. The van der Waals surface area contributed by atoms with E-state index in [9.17, 15) is 0 Å². The van der Waals surface area contributed by atoms with Crippen molar-refractivity contribution in [3.05, 3.63) is 65.6 Å². The number of aromatic nitrogens is 2. The molecule has 5 heteroatoms. The number of hydrazone groups is 1. The Hall–Kier alpha value is -2.46. The van der Waals surface area contributed by atoms with Crippen LogP contribution in [-0.2, 0) is 0 Å². The minimum atomic E-state index is 0.668. The van der Waals surface area contributed by atoms with Gasteiger partial charge in [0, 0.05) is 34.6 Å². The normalized spacial score (nSPS) is 11.1. The summed E-state index contributed by atoms with van der Waals surface area (Å²) in [6, 6.07) is 11.3. The molecule has 0 aliphatic rings. The number of benzene rings is 1. The monoisotopic (exact) mass is 282 g/mol. The van der Waals surface area contributed by atoms with E-state index >= 15 is 0 Å². The number of halogens is 1. The average molecular weight is 283 g/mol. The number of fused-ring (bicyclic) bond motifs is 1. The Bertz CT molecular complexity index is 756. The van der Waals surface area contributed by atoms with Gasteiger partial charge in [0.05, 0.1) is 17.4 Å². The Morgan fingerprint density at radius 1 is 1.15 bits per heavy atom. The van der Waals surface area contributed by atoms with Crippen molar-refractivity contribution in [3.63, 3.8) is 0 Å². The third kappa shape index (κ3) is 2.75. The van der Waals surface area contributed by atoms with Crippen LogP contribution >= 0.6 is 11.6 Å². The van der Waals surface area contributed by atoms with E-state index < -0.39 is 0 Å². The van der Waals surface area contributed by atoms with Gasteiger partial charge in [0.25, 0.3) is 0 Å². The molecule has 0 amide bonds. The molecular formula is C15H11ClN4. The molecule has 0 atom stereocenters. The van der Waals surface area contributed by atoms with E-state index in [1.165, 1.54) is 0 Å². The molecule has 2 heterocycles. The Morgan fingerprint density at radius 3 is 2.95 bits per heavy atom. The second-order valence-electron chi connectivity index (χ2n) is 4.18. The third-order valence-corrected chi connectivity index (χ3v) is 3.02. The highest BCUT2D eigenvalue weighted by Gasteiger charge is 2.01. The number of nitrogens with one attached hydrogen (secondary N) is 1. The SMILES string of the molecule is Clc1ccc2c(N/N=C\c3cccnc3)ccnc2c1. The van der Waals surface area contributed by atoms with E-state index in [-0.39, 0.29) is 0 Å². The topological polar surface area (TPSA) is 50.2 Å². The number of rotatable bonds is 3. The number of nitrogens with zero attached hydrogens (tertiary/aromatic N) is 3. The van der Waals surface area contributed by atoms with Crippen LogP contribution < -0.4 is 5.43 Å². The lowest BCUT2D eigenvalue weighted by Crippen LogP contribution is -1.93. The van der Waals surface area contributed by atoms with Crippen molar-refractivity contribution in [2.24, 2.45) is 5.10 Å². The van der Waals surface area contributed by atoms with E-state index in [1.807, 2.05) is 36.4 Å². The van der Waals surface area contributed by atoms with Gasteiger partial charge in [-0.1, -0.05) is 17.7 Å². The van der Waals surface area contributed by atoms with Crippen LogP contribution in [0.2, 0.25) is 5.02 Å². The molecule has 0 saturated heterocycles. The number of anilines is 1. The maximum atomic E-state index is 5.96. The van der Waals surface area contributed by atoms with Crippen LogP contribution in [0.1, 0.15) is 5.56 Å². The first-order valence-corrected chi connectivity index (χ1v) is 6.44. The van der Waals surface area contributed by atoms with Crippen molar-refractivity contribution in [3.8, 4) is 0 Å². The third-order valence-electron chi connectivity index (χ3n) is 2.79. The number of hydrogen-bond donors (Lipinski definition) is 1. The predicted octanol–water partition coefficient (Wildman–Crippen LogP) is 3.73. The summed E-state index contributed by atoms with van der Waals surface area (Å²) in [5.41, 5.74) is 5.66. The number of pyridine rings is 2. The maximum Gasteiger partial charge on any atom is 0.0738 e. The summed E-state index contributed by atoms with van der Waals surface area (Å²) in [4.78, 5) is 8.31. The molecule has 0 aliphatic carbocycles. The second kappa shape index (κ2) is 5.67. The maximum absolute atomic E-state index is 5.96. The zero-order valence-corrected chi connectivity index (χ0v) is 11.2. The zero-order chi connectivity index (χ0) is 13.8. The quantitative estimate of drug-likeness (QED) is 0.588. The second-order valence-corrected chi connectivity index (χ2v) is 4.61. The first-order valence-electron chi connectivity index (χ1n) is 6.06. The Labute approximate surface area is 121 Å². The van der Waals surface area contributed by atoms with Gasteiger partial charge in [0.15, 0.2) is 0 Å². The van der Waals surface area contributed by atoms with Crippen LogP contribution in [0.5, 0.6) is 0 Å². The van der Waals surface area contributed by atoms with Gasteiger partial charge in [0.1, 0.15) is 0 Å². The van der Waals surface area contributed by atoms with Crippen LogP contribution in [0, 0.1) is 0 Å². The van der Waals surface area contributed by atoms with Crippen LogP contribution in [0.3, 0.4) is 0 Å². The average Bonchev–Trinajstić information content (AvgIpc) is 2.48. The van der Waals surface area contributed by atoms with Gasteiger partial charge in [-0.3, -0.25) is 15.4 Å². The first kappa shape index (κ1) is 12.6. The lowest BCUT2D eigenvalue weighted by atomic mass is 10.2. The molecule has 0 saturated carbocycles. The van der Waals surface area contributed by atoms with E-state index in [2.05, 4.69) is 20.5 Å². The summed E-state index contributed by atoms with van der Waals surface area (Å²) in [5.74, 6) is 0. The summed E-state index contributed by atoms with van der Waals surface area (Å²) in [6.07, 6.45) is 6.91. The van der Waals surface area contributed by atoms with Gasteiger partial charge in [-0.2, -0.15) is 5.10 Å². The van der Waals surface area contributed by atoms with Gasteiger partial charge in [-0.25, -0.2) is 0 Å². The summed E-state index contributed by atoms with van der Waals surface area (Å²) < 4.78 is 0. The minimum absolute atomic E-state index is 0.668. The molecule has 0 unspecified atom stereocenters. The Morgan fingerprint density at radius 2 is 2.10 bits per heavy atom. The Balaban J connectivity index is 1.86. The van der Waals surface area contributed by atoms with Crippen LogP contribution in [0.15, 0.2) is 60.1 Å². The molecule has 2 aromatic heterocycles. The van der Waals surface area contributed by atoms with Gasteiger partial charge in [-0.15, -0.1) is 0 Å².